The quantitative estimate of drug-likeness (QED) is 0.820. The van der Waals surface area contributed by atoms with Crippen LogP contribution in [-0.2, 0) is 4.74 Å². The summed E-state index contributed by atoms with van der Waals surface area (Å²) in [5.41, 5.74) is 1.30. The molecular formula is C18H29NO2S. The first-order valence-electron chi connectivity index (χ1n) is 8.13. The number of rotatable bonds is 7. The molecule has 0 bridgehead atoms. The van der Waals surface area contributed by atoms with Gasteiger partial charge >= 0.3 is 0 Å². The van der Waals surface area contributed by atoms with Gasteiger partial charge in [0.15, 0.2) is 0 Å². The molecule has 22 heavy (non-hydrogen) atoms. The fourth-order valence-electron chi connectivity index (χ4n) is 2.41. The highest BCUT2D eigenvalue weighted by Gasteiger charge is 2.18. The number of hydrogen-bond acceptors (Lipinski definition) is 4. The predicted molar refractivity (Wildman–Crippen MR) is 94.9 cm³/mol. The van der Waals surface area contributed by atoms with Crippen molar-refractivity contribution in [3.8, 4) is 5.75 Å². The first-order valence-corrected chi connectivity index (χ1v) is 9.35. The van der Waals surface area contributed by atoms with Crippen LogP contribution in [0.3, 0.4) is 0 Å². The Labute approximate surface area is 139 Å². The minimum Gasteiger partial charge on any atom is -0.490 e. The van der Waals surface area contributed by atoms with Crippen LogP contribution in [0.25, 0.3) is 0 Å². The molecule has 1 aromatic rings. The van der Waals surface area contributed by atoms with Gasteiger partial charge in [-0.3, -0.25) is 0 Å². The Morgan fingerprint density at radius 3 is 2.50 bits per heavy atom. The molecule has 0 saturated carbocycles. The lowest BCUT2D eigenvalue weighted by Gasteiger charge is -2.26. The standard InChI is InChI=1S/C18H29NO2S/c1-14(19-13-18(2,3)22-4)15-5-7-16(8-6-15)21-17-9-11-20-12-10-17/h5-8,14,17,19H,9-13H2,1-4H3/t14-/m1/s1. The van der Waals surface area contributed by atoms with Crippen molar-refractivity contribution >= 4 is 11.8 Å². The van der Waals surface area contributed by atoms with Crippen molar-refractivity contribution in [3.05, 3.63) is 29.8 Å². The zero-order valence-electron chi connectivity index (χ0n) is 14.2. The summed E-state index contributed by atoms with van der Waals surface area (Å²) in [7, 11) is 0. The average molecular weight is 324 g/mol. The maximum atomic E-state index is 6.02. The van der Waals surface area contributed by atoms with Crippen molar-refractivity contribution in [2.75, 3.05) is 26.0 Å². The fraction of sp³-hybridized carbons (Fsp3) is 0.667. The van der Waals surface area contributed by atoms with Gasteiger partial charge in [-0.15, -0.1) is 0 Å². The molecule has 124 valence electrons. The van der Waals surface area contributed by atoms with Crippen LogP contribution >= 0.6 is 11.8 Å². The van der Waals surface area contributed by atoms with E-state index < -0.39 is 0 Å². The number of thioether (sulfide) groups is 1. The van der Waals surface area contributed by atoms with Gasteiger partial charge in [-0.1, -0.05) is 12.1 Å². The van der Waals surface area contributed by atoms with E-state index in [0.717, 1.165) is 38.3 Å². The Morgan fingerprint density at radius 1 is 1.27 bits per heavy atom. The molecule has 0 spiro atoms. The molecule has 1 N–H and O–H groups in total. The Hall–Kier alpha value is -0.710. The normalized spacial score (nSPS) is 18.2. The smallest absolute Gasteiger partial charge is 0.119 e. The third-order valence-corrected chi connectivity index (χ3v) is 5.49. The average Bonchev–Trinajstić information content (AvgIpc) is 2.54. The van der Waals surface area contributed by atoms with Crippen LogP contribution in [-0.4, -0.2) is 36.9 Å². The molecule has 1 aliphatic rings. The van der Waals surface area contributed by atoms with E-state index in [2.05, 4.69) is 56.6 Å². The Morgan fingerprint density at radius 2 is 1.91 bits per heavy atom. The molecule has 0 amide bonds. The van der Waals surface area contributed by atoms with Crippen molar-refractivity contribution in [3.63, 3.8) is 0 Å². The summed E-state index contributed by atoms with van der Waals surface area (Å²) >= 11 is 1.89. The van der Waals surface area contributed by atoms with Gasteiger partial charge in [0.25, 0.3) is 0 Å². The molecule has 1 fully saturated rings. The van der Waals surface area contributed by atoms with E-state index in [9.17, 15) is 0 Å². The second-order valence-electron chi connectivity index (χ2n) is 6.57. The monoisotopic (exact) mass is 323 g/mol. The largest absolute Gasteiger partial charge is 0.490 e. The summed E-state index contributed by atoms with van der Waals surface area (Å²) in [5.74, 6) is 0.965. The highest BCUT2D eigenvalue weighted by atomic mass is 32.2. The van der Waals surface area contributed by atoms with Crippen molar-refractivity contribution in [1.82, 2.24) is 5.32 Å². The third kappa shape index (κ3) is 5.49. The minimum absolute atomic E-state index is 0.264. The SMILES string of the molecule is CSC(C)(C)CN[C@H](C)c1ccc(OC2CCOCC2)cc1. The van der Waals surface area contributed by atoms with E-state index in [1.54, 1.807) is 0 Å². The Kier molecular flexibility index (Phi) is 6.60. The molecule has 0 aromatic heterocycles. The van der Waals surface area contributed by atoms with Gasteiger partial charge < -0.3 is 14.8 Å². The molecule has 1 atom stereocenters. The number of nitrogens with one attached hydrogen (secondary N) is 1. The van der Waals surface area contributed by atoms with E-state index in [1.165, 1.54) is 5.56 Å². The lowest BCUT2D eigenvalue weighted by atomic mass is 10.1. The van der Waals surface area contributed by atoms with Crippen LogP contribution in [0.5, 0.6) is 5.75 Å². The van der Waals surface area contributed by atoms with E-state index in [0.29, 0.717) is 12.1 Å². The van der Waals surface area contributed by atoms with Crippen LogP contribution < -0.4 is 10.1 Å². The molecule has 1 saturated heterocycles. The van der Waals surface area contributed by atoms with E-state index >= 15 is 0 Å². The summed E-state index contributed by atoms with van der Waals surface area (Å²) < 4.78 is 11.6. The number of benzene rings is 1. The third-order valence-electron chi connectivity index (χ3n) is 4.24. The van der Waals surface area contributed by atoms with Crippen molar-refractivity contribution in [2.45, 2.75) is 50.5 Å². The number of hydrogen-bond donors (Lipinski definition) is 1. The van der Waals surface area contributed by atoms with Gasteiger partial charge in [0.2, 0.25) is 0 Å². The zero-order chi connectivity index (χ0) is 16.0. The molecule has 1 heterocycles. The molecule has 3 nitrogen and oxygen atoms in total. The van der Waals surface area contributed by atoms with Gasteiger partial charge in [0, 0.05) is 30.2 Å². The molecule has 0 aliphatic carbocycles. The van der Waals surface area contributed by atoms with Crippen molar-refractivity contribution < 1.29 is 9.47 Å². The maximum Gasteiger partial charge on any atom is 0.119 e. The van der Waals surface area contributed by atoms with Gasteiger partial charge in [0.05, 0.1) is 13.2 Å². The summed E-state index contributed by atoms with van der Waals surface area (Å²) in [6, 6.07) is 8.85. The highest BCUT2D eigenvalue weighted by molar-refractivity contribution is 7.99. The molecule has 1 aliphatic heterocycles. The van der Waals surface area contributed by atoms with Crippen LogP contribution in [0.1, 0.15) is 45.2 Å². The van der Waals surface area contributed by atoms with Gasteiger partial charge in [-0.25, -0.2) is 0 Å². The van der Waals surface area contributed by atoms with Gasteiger partial charge in [-0.05, 0) is 44.7 Å². The van der Waals surface area contributed by atoms with Gasteiger partial charge in [0.1, 0.15) is 11.9 Å². The first-order chi connectivity index (χ1) is 10.5. The van der Waals surface area contributed by atoms with Crippen molar-refractivity contribution in [2.24, 2.45) is 0 Å². The Balaban J connectivity index is 1.85. The zero-order valence-corrected chi connectivity index (χ0v) is 15.0. The summed E-state index contributed by atoms with van der Waals surface area (Å²) in [4.78, 5) is 0. The molecule has 1 aromatic carbocycles. The maximum absolute atomic E-state index is 6.02. The predicted octanol–water partition coefficient (Wildman–Crippen LogP) is 4.04. The summed E-state index contributed by atoms with van der Waals surface area (Å²) in [6.45, 7) is 9.37. The van der Waals surface area contributed by atoms with E-state index in [1.807, 2.05) is 11.8 Å². The molecule has 0 unspecified atom stereocenters. The second kappa shape index (κ2) is 8.23. The topological polar surface area (TPSA) is 30.5 Å². The lowest BCUT2D eigenvalue weighted by molar-refractivity contribution is 0.0255. The fourth-order valence-corrected chi connectivity index (χ4v) is 2.64. The molecule has 0 radical (unpaired) electrons. The Bertz CT molecular complexity index is 441. The summed E-state index contributed by atoms with van der Waals surface area (Å²) in [5, 5.41) is 3.61. The molecule has 4 heteroatoms. The van der Waals surface area contributed by atoms with Crippen LogP contribution in [0.2, 0.25) is 0 Å². The van der Waals surface area contributed by atoms with Crippen LogP contribution in [0.15, 0.2) is 24.3 Å². The van der Waals surface area contributed by atoms with Crippen LogP contribution in [0, 0.1) is 0 Å². The van der Waals surface area contributed by atoms with E-state index in [-0.39, 0.29) is 4.75 Å². The highest BCUT2D eigenvalue weighted by Crippen LogP contribution is 2.23. The first kappa shape index (κ1) is 17.6. The minimum atomic E-state index is 0.264. The van der Waals surface area contributed by atoms with E-state index in [4.69, 9.17) is 9.47 Å². The van der Waals surface area contributed by atoms with Crippen LogP contribution in [0.4, 0.5) is 0 Å². The van der Waals surface area contributed by atoms with Crippen molar-refractivity contribution in [1.29, 1.82) is 0 Å². The van der Waals surface area contributed by atoms with Gasteiger partial charge in [-0.2, -0.15) is 11.8 Å². The molecular weight excluding hydrogens is 294 g/mol. The lowest BCUT2D eigenvalue weighted by Crippen LogP contribution is -2.33. The molecule has 2 rings (SSSR count). The summed E-state index contributed by atoms with van der Waals surface area (Å²) in [6.07, 6.45) is 4.44. The second-order valence-corrected chi connectivity index (χ2v) is 8.08. The number of ether oxygens (including phenoxy) is 2.